The fourth-order valence-electron chi connectivity index (χ4n) is 1.08. The van der Waals surface area contributed by atoms with Crippen LogP contribution < -0.4 is 5.32 Å². The third-order valence-corrected chi connectivity index (χ3v) is 1.67. The first-order valence-corrected chi connectivity index (χ1v) is 3.85. The van der Waals surface area contributed by atoms with Gasteiger partial charge in [0.15, 0.2) is 0 Å². The summed E-state index contributed by atoms with van der Waals surface area (Å²) >= 11 is 0. The Morgan fingerprint density at radius 3 is 2.46 bits per heavy atom. The normalized spacial score (nSPS) is 11.7. The number of likely N-dealkylation sites (N-methyl/N-ethyl adjacent to an activating group) is 1. The van der Waals surface area contributed by atoms with Crippen LogP contribution in [0.1, 0.15) is 5.56 Å². The van der Waals surface area contributed by atoms with E-state index in [1.54, 1.807) is 0 Å². The lowest BCUT2D eigenvalue weighted by Gasteiger charge is -2.16. The number of nitrogens with one attached hydrogen (secondary N) is 1. The highest BCUT2D eigenvalue weighted by Gasteiger charge is 2.33. The van der Waals surface area contributed by atoms with Gasteiger partial charge >= 0.3 is 0 Å². The maximum Gasteiger partial charge on any atom is 0.288 e. The number of hydrogen-bond acceptors (Lipinski definition) is 1. The van der Waals surface area contributed by atoms with Crippen molar-refractivity contribution in [3.8, 4) is 0 Å². The molecule has 0 spiro atoms. The van der Waals surface area contributed by atoms with Crippen LogP contribution in [0, 0.1) is 5.82 Å². The van der Waals surface area contributed by atoms with Crippen LogP contribution in [0.2, 0.25) is 0 Å². The van der Waals surface area contributed by atoms with Crippen LogP contribution >= 0.6 is 0 Å². The van der Waals surface area contributed by atoms with E-state index in [1.807, 2.05) is 0 Å². The van der Waals surface area contributed by atoms with Crippen LogP contribution in [0.5, 0.6) is 0 Å². The molecule has 0 saturated carbocycles. The highest BCUT2D eigenvalue weighted by Crippen LogP contribution is 2.28. The highest BCUT2D eigenvalue weighted by molar-refractivity contribution is 5.22. The summed E-state index contributed by atoms with van der Waals surface area (Å²) in [7, 11) is 1.40. The lowest BCUT2D eigenvalue weighted by molar-refractivity contribution is -0.00470. The third kappa shape index (κ3) is 2.21. The first kappa shape index (κ1) is 10.1. The average Bonchev–Trinajstić information content (AvgIpc) is 2.04. The summed E-state index contributed by atoms with van der Waals surface area (Å²) < 4.78 is 39.1. The van der Waals surface area contributed by atoms with Gasteiger partial charge in [-0.25, -0.2) is 4.39 Å². The van der Waals surface area contributed by atoms with Gasteiger partial charge in [-0.15, -0.1) is 0 Å². The second-order valence-corrected chi connectivity index (χ2v) is 2.71. The zero-order chi connectivity index (χ0) is 9.90. The van der Waals surface area contributed by atoms with E-state index in [9.17, 15) is 13.2 Å². The van der Waals surface area contributed by atoms with E-state index < -0.39 is 23.8 Å². The number of alkyl halides is 2. The van der Waals surface area contributed by atoms with E-state index in [0.29, 0.717) is 0 Å². The number of benzene rings is 1. The topological polar surface area (TPSA) is 12.0 Å². The van der Waals surface area contributed by atoms with Crippen LogP contribution in [-0.4, -0.2) is 13.6 Å². The largest absolute Gasteiger partial charge is 0.314 e. The second kappa shape index (κ2) is 3.79. The molecule has 0 aliphatic carbocycles. The number of rotatable bonds is 3. The molecule has 0 aromatic heterocycles. The molecule has 0 amide bonds. The minimum absolute atomic E-state index is 0.562. The summed E-state index contributed by atoms with van der Waals surface area (Å²) in [4.78, 5) is 0. The van der Waals surface area contributed by atoms with Crippen molar-refractivity contribution < 1.29 is 13.2 Å². The molecule has 0 unspecified atom stereocenters. The smallest absolute Gasteiger partial charge is 0.288 e. The Morgan fingerprint density at radius 2 is 1.92 bits per heavy atom. The lowest BCUT2D eigenvalue weighted by atomic mass is 10.1. The molecule has 72 valence electrons. The van der Waals surface area contributed by atoms with Gasteiger partial charge in [0.2, 0.25) is 0 Å². The van der Waals surface area contributed by atoms with Crippen molar-refractivity contribution >= 4 is 0 Å². The molecule has 0 radical (unpaired) electrons. The Balaban J connectivity index is 2.99. The molecule has 0 aliphatic heterocycles. The fourth-order valence-corrected chi connectivity index (χ4v) is 1.08. The first-order chi connectivity index (χ1) is 6.08. The molecule has 0 heterocycles. The second-order valence-electron chi connectivity index (χ2n) is 2.71. The molecule has 0 fully saturated rings. The average molecular weight is 189 g/mol. The van der Waals surface area contributed by atoms with E-state index in [4.69, 9.17) is 0 Å². The predicted molar refractivity (Wildman–Crippen MR) is 44.2 cm³/mol. The molecule has 0 saturated heterocycles. The third-order valence-electron chi connectivity index (χ3n) is 1.67. The van der Waals surface area contributed by atoms with Crippen LogP contribution in [0.25, 0.3) is 0 Å². The zero-order valence-corrected chi connectivity index (χ0v) is 7.15. The van der Waals surface area contributed by atoms with Gasteiger partial charge in [0.25, 0.3) is 5.92 Å². The van der Waals surface area contributed by atoms with Crippen molar-refractivity contribution in [3.05, 3.63) is 35.6 Å². The van der Waals surface area contributed by atoms with Gasteiger partial charge in [0.1, 0.15) is 5.82 Å². The molecule has 1 aromatic rings. The van der Waals surface area contributed by atoms with Gasteiger partial charge in [-0.2, -0.15) is 8.78 Å². The SMILES string of the molecule is CNCC(F)(F)c1ccccc1F. The van der Waals surface area contributed by atoms with E-state index in [0.717, 1.165) is 12.1 Å². The van der Waals surface area contributed by atoms with Gasteiger partial charge in [-0.1, -0.05) is 18.2 Å². The Labute approximate surface area is 74.6 Å². The molecule has 1 N–H and O–H groups in total. The fraction of sp³-hybridized carbons (Fsp3) is 0.333. The van der Waals surface area contributed by atoms with Crippen LogP contribution in [0.15, 0.2) is 24.3 Å². The first-order valence-electron chi connectivity index (χ1n) is 3.85. The summed E-state index contributed by atoms with van der Waals surface area (Å²) in [6.07, 6.45) is 0. The molecular formula is C9H10F3N. The monoisotopic (exact) mass is 189 g/mol. The maximum atomic E-state index is 13.1. The summed E-state index contributed by atoms with van der Waals surface area (Å²) in [5, 5.41) is 2.32. The molecule has 1 nitrogen and oxygen atoms in total. The number of halogens is 3. The van der Waals surface area contributed by atoms with Crippen molar-refractivity contribution in [1.82, 2.24) is 5.32 Å². The summed E-state index contributed by atoms with van der Waals surface area (Å²) in [6, 6.07) is 4.89. The minimum Gasteiger partial charge on any atom is -0.314 e. The lowest BCUT2D eigenvalue weighted by Crippen LogP contribution is -2.28. The van der Waals surface area contributed by atoms with Crippen LogP contribution in [0.4, 0.5) is 13.2 Å². The van der Waals surface area contributed by atoms with Gasteiger partial charge in [-0.05, 0) is 13.1 Å². The maximum absolute atomic E-state index is 13.1. The molecule has 0 atom stereocenters. The Hall–Kier alpha value is -1.03. The van der Waals surface area contributed by atoms with Crippen LogP contribution in [-0.2, 0) is 5.92 Å². The van der Waals surface area contributed by atoms with Crippen molar-refractivity contribution in [3.63, 3.8) is 0 Å². The van der Waals surface area contributed by atoms with E-state index in [2.05, 4.69) is 5.32 Å². The molecule has 1 rings (SSSR count). The van der Waals surface area contributed by atoms with Gasteiger partial charge in [0, 0.05) is 0 Å². The summed E-state index contributed by atoms with van der Waals surface area (Å²) in [6.45, 7) is -0.562. The molecule has 13 heavy (non-hydrogen) atoms. The molecule has 0 bridgehead atoms. The van der Waals surface area contributed by atoms with Gasteiger partial charge in [-0.3, -0.25) is 0 Å². The van der Waals surface area contributed by atoms with Crippen molar-refractivity contribution in [2.45, 2.75) is 5.92 Å². The highest BCUT2D eigenvalue weighted by atomic mass is 19.3. The Morgan fingerprint density at radius 1 is 1.31 bits per heavy atom. The van der Waals surface area contributed by atoms with E-state index in [-0.39, 0.29) is 0 Å². The van der Waals surface area contributed by atoms with Gasteiger partial charge in [0.05, 0.1) is 12.1 Å². The Bertz CT molecular complexity index is 286. The molecular weight excluding hydrogens is 179 g/mol. The Kier molecular flexibility index (Phi) is 2.93. The van der Waals surface area contributed by atoms with Crippen molar-refractivity contribution in [1.29, 1.82) is 0 Å². The summed E-state index contributed by atoms with van der Waals surface area (Å²) in [5.41, 5.74) is -0.565. The molecule has 1 aromatic carbocycles. The molecule has 0 aliphatic rings. The molecule has 4 heteroatoms. The van der Waals surface area contributed by atoms with Crippen molar-refractivity contribution in [2.75, 3.05) is 13.6 Å². The number of hydrogen-bond donors (Lipinski definition) is 1. The van der Waals surface area contributed by atoms with Gasteiger partial charge < -0.3 is 5.32 Å². The quantitative estimate of drug-likeness (QED) is 0.768. The van der Waals surface area contributed by atoms with Crippen molar-refractivity contribution in [2.24, 2.45) is 0 Å². The standard InChI is InChI=1S/C9H10F3N/c1-13-6-9(11,12)7-4-2-3-5-8(7)10/h2-5,13H,6H2,1H3. The predicted octanol–water partition coefficient (Wildman–Crippen LogP) is 2.14. The van der Waals surface area contributed by atoms with E-state index >= 15 is 0 Å². The zero-order valence-electron chi connectivity index (χ0n) is 7.15. The summed E-state index contributed by atoms with van der Waals surface area (Å²) in [5.74, 6) is -4.03. The van der Waals surface area contributed by atoms with Crippen LogP contribution in [0.3, 0.4) is 0 Å². The van der Waals surface area contributed by atoms with E-state index in [1.165, 1.54) is 19.2 Å². The minimum atomic E-state index is -3.15.